The van der Waals surface area contributed by atoms with Crippen LogP contribution in [0.5, 0.6) is 0 Å². The zero-order valence-corrected chi connectivity index (χ0v) is 31.0. The highest BCUT2D eigenvalue weighted by atomic mass is 16.6. The minimum atomic E-state index is -1.46. The molecular formula is C37H61N3O9. The lowest BCUT2D eigenvalue weighted by atomic mass is 9.88. The van der Waals surface area contributed by atoms with Crippen LogP contribution < -0.4 is 0 Å². The van der Waals surface area contributed by atoms with E-state index in [9.17, 15) is 24.6 Å². The van der Waals surface area contributed by atoms with Crippen LogP contribution in [0, 0.1) is 17.8 Å². The number of ether oxygens (including phenoxy) is 4. The Bertz CT molecular complexity index is 1190. The Kier molecular flexibility index (Phi) is 15.2. The summed E-state index contributed by atoms with van der Waals surface area (Å²) < 4.78 is 23.4. The maximum atomic E-state index is 13.1. The zero-order chi connectivity index (χ0) is 36.5. The molecule has 12 nitrogen and oxygen atoms in total. The van der Waals surface area contributed by atoms with E-state index < -0.39 is 36.0 Å². The number of epoxide rings is 1. The van der Waals surface area contributed by atoms with Crippen LogP contribution in [-0.2, 0) is 23.7 Å². The van der Waals surface area contributed by atoms with Gasteiger partial charge in [0, 0.05) is 52.1 Å². The predicted octanol–water partition coefficient (Wildman–Crippen LogP) is 4.55. The molecule has 278 valence electrons. The Balaban J connectivity index is 1.67. The summed E-state index contributed by atoms with van der Waals surface area (Å²) >= 11 is 0. The van der Waals surface area contributed by atoms with Gasteiger partial charge in [0.2, 0.25) is 0 Å². The third kappa shape index (κ3) is 12.4. The van der Waals surface area contributed by atoms with Gasteiger partial charge in [-0.3, -0.25) is 4.79 Å². The second-order valence-corrected chi connectivity index (χ2v) is 14.7. The average Bonchev–Trinajstić information content (AvgIpc) is 3.81. The van der Waals surface area contributed by atoms with E-state index in [-0.39, 0.29) is 61.4 Å². The van der Waals surface area contributed by atoms with Gasteiger partial charge in [-0.1, -0.05) is 52.0 Å². The second-order valence-electron chi connectivity index (χ2n) is 14.7. The van der Waals surface area contributed by atoms with Gasteiger partial charge in [0.05, 0.1) is 24.7 Å². The number of carbonyl (C=O) groups excluding carboxylic acids is 3. The normalized spacial score (nSPS) is 33.0. The number of piperazine rings is 1. The van der Waals surface area contributed by atoms with Gasteiger partial charge in [0.1, 0.15) is 17.8 Å². The molecule has 2 amide bonds. The minimum Gasteiger partial charge on any atom is -0.457 e. The molecule has 49 heavy (non-hydrogen) atoms. The topological polar surface area (TPSA) is 142 Å². The molecule has 0 aromatic carbocycles. The van der Waals surface area contributed by atoms with Gasteiger partial charge in [-0.2, -0.15) is 0 Å². The molecule has 0 aromatic heterocycles. The van der Waals surface area contributed by atoms with E-state index in [4.69, 9.17) is 18.9 Å². The van der Waals surface area contributed by atoms with E-state index in [0.717, 1.165) is 25.1 Å². The summed E-state index contributed by atoms with van der Waals surface area (Å²) in [6.45, 7) is 14.1. The number of amides is 2. The molecule has 12 heteroatoms. The second kappa shape index (κ2) is 18.3. The number of hydrogen-bond donors (Lipinski definition) is 2. The summed E-state index contributed by atoms with van der Waals surface area (Å²) in [4.78, 5) is 43.2. The van der Waals surface area contributed by atoms with Crippen molar-refractivity contribution in [3.63, 3.8) is 0 Å². The molecule has 10 atom stereocenters. The highest BCUT2D eigenvalue weighted by molar-refractivity contribution is 5.70. The Morgan fingerprint density at radius 3 is 2.49 bits per heavy atom. The average molecular weight is 692 g/mol. The van der Waals surface area contributed by atoms with E-state index in [1.54, 1.807) is 32.0 Å². The first-order chi connectivity index (χ1) is 23.0. The highest BCUT2D eigenvalue weighted by Crippen LogP contribution is 2.37. The number of likely N-dealkylation sites (N-methyl/N-ethyl adjacent to an activating group) is 1. The number of carbonyl (C=O) groups is 3. The van der Waals surface area contributed by atoms with Gasteiger partial charge >= 0.3 is 18.2 Å². The Labute approximate surface area is 293 Å². The third-order valence-corrected chi connectivity index (χ3v) is 9.91. The summed E-state index contributed by atoms with van der Waals surface area (Å²) in [7, 11) is 5.35. The van der Waals surface area contributed by atoms with Crippen molar-refractivity contribution in [3.8, 4) is 0 Å². The van der Waals surface area contributed by atoms with Crippen molar-refractivity contribution < 1.29 is 43.5 Å². The molecule has 3 rings (SSSR count). The van der Waals surface area contributed by atoms with Crippen molar-refractivity contribution in [1.82, 2.24) is 14.7 Å². The van der Waals surface area contributed by atoms with E-state index in [0.29, 0.717) is 19.5 Å². The molecule has 3 aliphatic heterocycles. The Morgan fingerprint density at radius 1 is 1.18 bits per heavy atom. The fourth-order valence-electron chi connectivity index (χ4n) is 6.38. The maximum absolute atomic E-state index is 13.1. The molecule has 0 aliphatic carbocycles. The van der Waals surface area contributed by atoms with E-state index in [1.807, 2.05) is 46.0 Å². The molecular weight excluding hydrogens is 630 g/mol. The van der Waals surface area contributed by atoms with Crippen LogP contribution in [0.3, 0.4) is 0 Å². The van der Waals surface area contributed by atoms with Crippen LogP contribution in [0.4, 0.5) is 9.59 Å². The summed E-state index contributed by atoms with van der Waals surface area (Å²) in [5.74, 6) is -0.549. The monoisotopic (exact) mass is 691 g/mol. The number of cyclic esters (lactones) is 1. The molecule has 0 spiro atoms. The van der Waals surface area contributed by atoms with E-state index in [2.05, 4.69) is 24.8 Å². The van der Waals surface area contributed by atoms with E-state index in [1.165, 1.54) is 4.90 Å². The van der Waals surface area contributed by atoms with Gasteiger partial charge in [0.15, 0.2) is 6.10 Å². The standard InChI is InChI=1S/C37H61N3O9/c1-10-29(47-35(43)38(7)8)27(5)34-30(46-34)22-24(2)12-11-13-25(3)33-26(4)14-15-31(48-36(44)40-20-18-39(9)19-21-40)37(6,45)17-16-28(41)23-32(42)49-33/h11-15,24,26-31,33-34,41,45H,10,16-23H2,1-9H3/b12-11+,15-14+,25-13+. The molecule has 10 unspecified atom stereocenters. The van der Waals surface area contributed by atoms with Crippen LogP contribution in [0.25, 0.3) is 0 Å². The first-order valence-electron chi connectivity index (χ1n) is 17.8. The van der Waals surface area contributed by atoms with Gasteiger partial charge in [-0.05, 0) is 64.1 Å². The fourth-order valence-corrected chi connectivity index (χ4v) is 6.38. The van der Waals surface area contributed by atoms with Crippen molar-refractivity contribution in [1.29, 1.82) is 0 Å². The van der Waals surface area contributed by atoms with Crippen molar-refractivity contribution in [2.45, 2.75) is 116 Å². The van der Waals surface area contributed by atoms with Crippen molar-refractivity contribution in [2.24, 2.45) is 17.8 Å². The smallest absolute Gasteiger partial charge is 0.410 e. The number of nitrogens with zero attached hydrogens (tertiary/aromatic N) is 3. The van der Waals surface area contributed by atoms with Crippen LogP contribution in [0.15, 0.2) is 36.0 Å². The lowest BCUT2D eigenvalue weighted by Gasteiger charge is -2.36. The van der Waals surface area contributed by atoms with E-state index >= 15 is 0 Å². The van der Waals surface area contributed by atoms with Crippen LogP contribution in [0.2, 0.25) is 0 Å². The molecule has 2 saturated heterocycles. The molecule has 0 radical (unpaired) electrons. The predicted molar refractivity (Wildman–Crippen MR) is 187 cm³/mol. The number of rotatable bonds is 10. The van der Waals surface area contributed by atoms with Crippen molar-refractivity contribution in [3.05, 3.63) is 36.0 Å². The molecule has 2 N–H and O–H groups in total. The molecule has 0 saturated carbocycles. The SMILES string of the molecule is CCC(OC(=O)N(C)C)C(C)C1OC1CC(C)/C=C/C=C(\C)C1OC(=O)CC(O)CCC(C)(O)C(OC(=O)N2CCN(C)CC2)/C=C/C1C. The molecule has 0 aromatic rings. The van der Waals surface area contributed by atoms with Crippen molar-refractivity contribution >= 4 is 18.2 Å². The van der Waals surface area contributed by atoms with Gasteiger partial charge in [0.25, 0.3) is 0 Å². The summed E-state index contributed by atoms with van der Waals surface area (Å²) in [6.07, 6.45) is 7.52. The molecule has 3 heterocycles. The van der Waals surface area contributed by atoms with Gasteiger partial charge in [-0.25, -0.2) is 9.59 Å². The largest absolute Gasteiger partial charge is 0.457 e. The summed E-state index contributed by atoms with van der Waals surface area (Å²) in [5, 5.41) is 22.0. The van der Waals surface area contributed by atoms with Crippen LogP contribution in [0.1, 0.15) is 73.6 Å². The zero-order valence-electron chi connectivity index (χ0n) is 31.0. The van der Waals surface area contributed by atoms with Crippen LogP contribution >= 0.6 is 0 Å². The quantitative estimate of drug-likeness (QED) is 0.110. The Morgan fingerprint density at radius 2 is 1.86 bits per heavy atom. The number of hydrogen-bond acceptors (Lipinski definition) is 10. The Hall–Kier alpha value is -2.93. The highest BCUT2D eigenvalue weighted by Gasteiger charge is 2.46. The molecule has 3 aliphatic rings. The van der Waals surface area contributed by atoms with Crippen molar-refractivity contribution in [2.75, 3.05) is 47.3 Å². The fraction of sp³-hybridized carbons (Fsp3) is 0.757. The van der Waals surface area contributed by atoms with Gasteiger partial charge in [-0.15, -0.1) is 0 Å². The van der Waals surface area contributed by atoms with Gasteiger partial charge < -0.3 is 43.9 Å². The number of esters is 1. The summed E-state index contributed by atoms with van der Waals surface area (Å²) in [6, 6.07) is 0. The van der Waals surface area contributed by atoms with Crippen LogP contribution in [-0.4, -0.2) is 133 Å². The first-order valence-corrected chi connectivity index (χ1v) is 17.8. The molecule has 0 bridgehead atoms. The maximum Gasteiger partial charge on any atom is 0.410 e. The summed E-state index contributed by atoms with van der Waals surface area (Å²) in [5.41, 5.74) is -0.654. The lowest BCUT2D eigenvalue weighted by Crippen LogP contribution is -2.50. The first kappa shape index (κ1) is 40.5. The number of aliphatic hydroxyl groups excluding tert-OH is 1. The molecule has 2 fully saturated rings. The lowest BCUT2D eigenvalue weighted by molar-refractivity contribution is -0.151. The third-order valence-electron chi connectivity index (χ3n) is 9.91. The minimum absolute atomic E-state index is 0.0390. The number of aliphatic hydroxyl groups is 2. The number of allylic oxidation sites excluding steroid dienone is 3.